The maximum atomic E-state index is 6.75. The fraction of sp³-hybridized carbons (Fsp3) is 0.810. The van der Waals surface area contributed by atoms with Crippen molar-refractivity contribution in [2.45, 2.75) is 103 Å². The van der Waals surface area contributed by atoms with Crippen molar-refractivity contribution in [3.8, 4) is 0 Å². The van der Waals surface area contributed by atoms with Crippen molar-refractivity contribution in [1.29, 1.82) is 0 Å². The Morgan fingerprint density at radius 1 is 0.923 bits per heavy atom. The Kier molecular flexibility index (Phi) is 7.66. The molecular weight excluding hydrogens is 376 g/mol. The molecule has 2 atom stereocenters. The number of halogens is 1. The van der Waals surface area contributed by atoms with E-state index in [1.165, 1.54) is 5.57 Å². The van der Waals surface area contributed by atoms with Crippen molar-refractivity contribution in [2.75, 3.05) is 5.88 Å². The standard InChI is InChI=1S/C21H41ClO2Si2/c1-16-18(23-25(8,9)20(2,3)4)14-17(12-13-22)15-19(16)24-26(10,11)21(5,6)7/h12,18-19H,1,13-15H2,2-11H3/t18-,19-/m0/s1. The van der Waals surface area contributed by atoms with Crippen molar-refractivity contribution < 1.29 is 8.85 Å². The van der Waals surface area contributed by atoms with E-state index in [1.54, 1.807) is 0 Å². The van der Waals surface area contributed by atoms with E-state index in [0.29, 0.717) is 5.88 Å². The third kappa shape index (κ3) is 5.81. The molecule has 1 aliphatic rings. The molecule has 0 unspecified atom stereocenters. The highest BCUT2D eigenvalue weighted by Gasteiger charge is 2.44. The second kappa shape index (κ2) is 8.24. The van der Waals surface area contributed by atoms with E-state index in [-0.39, 0.29) is 22.3 Å². The van der Waals surface area contributed by atoms with Gasteiger partial charge in [0.2, 0.25) is 0 Å². The lowest BCUT2D eigenvalue weighted by Gasteiger charge is -2.46. The second-order valence-corrected chi connectivity index (χ2v) is 20.6. The van der Waals surface area contributed by atoms with Crippen LogP contribution in [0, 0.1) is 0 Å². The van der Waals surface area contributed by atoms with Crippen LogP contribution in [-0.2, 0) is 8.85 Å². The first kappa shape index (κ1) is 24.2. The summed E-state index contributed by atoms with van der Waals surface area (Å²) in [5.74, 6) is 0.543. The Morgan fingerprint density at radius 3 is 1.54 bits per heavy atom. The molecule has 152 valence electrons. The SMILES string of the molecule is C=C1[C@@H](O[Si](C)(C)C(C)(C)C)CC(=CCCl)C[C@@H]1O[Si](C)(C)C(C)(C)C. The molecule has 2 nitrogen and oxygen atoms in total. The highest BCUT2D eigenvalue weighted by molar-refractivity contribution is 6.74. The van der Waals surface area contributed by atoms with Crippen LogP contribution in [-0.4, -0.2) is 34.7 Å². The molecule has 0 radical (unpaired) electrons. The van der Waals surface area contributed by atoms with E-state index in [2.05, 4.69) is 80.4 Å². The molecule has 0 bridgehead atoms. The van der Waals surface area contributed by atoms with Crippen molar-refractivity contribution in [3.63, 3.8) is 0 Å². The molecule has 0 aromatic carbocycles. The maximum absolute atomic E-state index is 6.75. The molecule has 0 heterocycles. The third-order valence-corrected chi connectivity index (χ3v) is 15.7. The number of hydrogen-bond acceptors (Lipinski definition) is 2. The summed E-state index contributed by atoms with van der Waals surface area (Å²) in [6.45, 7) is 27.4. The van der Waals surface area contributed by atoms with Gasteiger partial charge in [-0.05, 0) is 54.7 Å². The van der Waals surface area contributed by atoms with Crippen LogP contribution < -0.4 is 0 Å². The molecule has 26 heavy (non-hydrogen) atoms. The van der Waals surface area contributed by atoms with Gasteiger partial charge in [0, 0.05) is 5.88 Å². The summed E-state index contributed by atoms with van der Waals surface area (Å²) in [6, 6.07) is 0. The summed E-state index contributed by atoms with van der Waals surface area (Å²) in [4.78, 5) is 0. The molecule has 0 aromatic rings. The largest absolute Gasteiger partial charge is 0.410 e. The molecule has 1 saturated carbocycles. The molecule has 0 aromatic heterocycles. The quantitative estimate of drug-likeness (QED) is 0.266. The molecular formula is C21H41ClO2Si2. The van der Waals surface area contributed by atoms with E-state index in [9.17, 15) is 0 Å². The summed E-state index contributed by atoms with van der Waals surface area (Å²) < 4.78 is 13.5. The topological polar surface area (TPSA) is 18.5 Å². The summed E-state index contributed by atoms with van der Waals surface area (Å²) in [6.07, 6.45) is 4.01. The van der Waals surface area contributed by atoms with Crippen LogP contribution in [0.1, 0.15) is 54.4 Å². The fourth-order valence-electron chi connectivity index (χ4n) is 2.60. The van der Waals surface area contributed by atoms with Crippen LogP contribution in [0.3, 0.4) is 0 Å². The number of rotatable bonds is 5. The zero-order valence-corrected chi connectivity index (χ0v) is 21.5. The van der Waals surface area contributed by atoms with Gasteiger partial charge in [-0.2, -0.15) is 0 Å². The highest BCUT2D eigenvalue weighted by atomic mass is 35.5. The molecule has 0 saturated heterocycles. The van der Waals surface area contributed by atoms with Gasteiger partial charge >= 0.3 is 0 Å². The third-order valence-electron chi connectivity index (χ3n) is 6.57. The lowest BCUT2D eigenvalue weighted by molar-refractivity contribution is 0.132. The van der Waals surface area contributed by atoms with Gasteiger partial charge < -0.3 is 8.85 Å². The molecule has 1 aliphatic carbocycles. The van der Waals surface area contributed by atoms with Crippen LogP contribution in [0.25, 0.3) is 0 Å². The van der Waals surface area contributed by atoms with Gasteiger partial charge in [0.15, 0.2) is 16.6 Å². The first-order valence-electron chi connectivity index (χ1n) is 9.80. The summed E-state index contributed by atoms with van der Waals surface area (Å²) >= 11 is 6.01. The molecule has 5 heteroatoms. The van der Waals surface area contributed by atoms with Gasteiger partial charge in [0.05, 0.1) is 12.2 Å². The van der Waals surface area contributed by atoms with Gasteiger partial charge in [-0.3, -0.25) is 0 Å². The van der Waals surface area contributed by atoms with Crippen LogP contribution >= 0.6 is 11.6 Å². The predicted octanol–water partition coefficient (Wildman–Crippen LogP) is 7.28. The Balaban J connectivity index is 3.10. The van der Waals surface area contributed by atoms with Crippen molar-refractivity contribution in [1.82, 2.24) is 0 Å². The van der Waals surface area contributed by atoms with Gasteiger partial charge in [0.25, 0.3) is 0 Å². The van der Waals surface area contributed by atoms with Crippen molar-refractivity contribution in [3.05, 3.63) is 23.8 Å². The van der Waals surface area contributed by atoms with E-state index < -0.39 is 16.6 Å². The van der Waals surface area contributed by atoms with E-state index in [0.717, 1.165) is 18.4 Å². The van der Waals surface area contributed by atoms with Crippen LogP contribution in [0.2, 0.25) is 36.3 Å². The molecule has 1 rings (SSSR count). The first-order chi connectivity index (χ1) is 11.5. The Morgan fingerprint density at radius 2 is 1.27 bits per heavy atom. The Hall–Kier alpha value is 0.124. The first-order valence-corrected chi connectivity index (χ1v) is 16.1. The zero-order valence-electron chi connectivity index (χ0n) is 18.8. The van der Waals surface area contributed by atoms with Crippen LogP contribution in [0.5, 0.6) is 0 Å². The summed E-state index contributed by atoms with van der Waals surface area (Å²) in [7, 11) is -3.75. The lowest BCUT2D eigenvalue weighted by atomic mass is 9.86. The van der Waals surface area contributed by atoms with E-state index in [4.69, 9.17) is 20.5 Å². The summed E-state index contributed by atoms with van der Waals surface area (Å²) in [5, 5.41) is 0.355. The number of alkyl halides is 1. The zero-order chi connectivity index (χ0) is 20.6. The number of allylic oxidation sites excluding steroid dienone is 1. The minimum Gasteiger partial charge on any atom is -0.410 e. The average molecular weight is 417 g/mol. The van der Waals surface area contributed by atoms with Gasteiger partial charge in [-0.25, -0.2) is 0 Å². The molecule has 1 fully saturated rings. The molecule has 0 aliphatic heterocycles. The highest BCUT2D eigenvalue weighted by Crippen LogP contribution is 2.44. The minimum atomic E-state index is -1.88. The van der Waals surface area contributed by atoms with Crippen molar-refractivity contribution in [2.24, 2.45) is 0 Å². The van der Waals surface area contributed by atoms with Gasteiger partial charge in [-0.1, -0.05) is 59.8 Å². The normalized spacial score (nSPS) is 23.3. The van der Waals surface area contributed by atoms with Crippen molar-refractivity contribution >= 4 is 28.2 Å². The average Bonchev–Trinajstić information content (AvgIpc) is 2.41. The molecule has 0 amide bonds. The Labute approximate surface area is 169 Å². The van der Waals surface area contributed by atoms with Crippen LogP contribution in [0.4, 0.5) is 0 Å². The fourth-order valence-corrected chi connectivity index (χ4v) is 5.42. The van der Waals surface area contributed by atoms with Gasteiger partial charge in [-0.15, -0.1) is 11.6 Å². The van der Waals surface area contributed by atoms with Crippen LogP contribution in [0.15, 0.2) is 23.8 Å². The maximum Gasteiger partial charge on any atom is 0.192 e. The second-order valence-electron chi connectivity index (χ2n) is 10.7. The van der Waals surface area contributed by atoms with E-state index in [1.807, 2.05) is 0 Å². The molecule has 0 N–H and O–H groups in total. The predicted molar refractivity (Wildman–Crippen MR) is 121 cm³/mol. The Bertz CT molecular complexity index is 497. The van der Waals surface area contributed by atoms with Gasteiger partial charge in [0.1, 0.15) is 0 Å². The lowest BCUT2D eigenvalue weighted by Crippen LogP contribution is -2.49. The smallest absolute Gasteiger partial charge is 0.192 e. The molecule has 0 spiro atoms. The number of hydrogen-bond donors (Lipinski definition) is 0. The monoisotopic (exact) mass is 416 g/mol. The minimum absolute atomic E-state index is 0.0360. The summed E-state index contributed by atoms with van der Waals surface area (Å²) in [5.41, 5.74) is 2.46. The van der Waals surface area contributed by atoms with E-state index >= 15 is 0 Å².